The van der Waals surface area contributed by atoms with E-state index in [0.29, 0.717) is 6.54 Å². The van der Waals surface area contributed by atoms with E-state index in [1.807, 2.05) is 30.3 Å². The Bertz CT molecular complexity index is 818. The summed E-state index contributed by atoms with van der Waals surface area (Å²) in [6.45, 7) is 4.49. The molecule has 0 radical (unpaired) electrons. The first-order valence-corrected chi connectivity index (χ1v) is 9.08. The molecule has 24 heavy (non-hydrogen) atoms. The second-order valence-electron chi connectivity index (χ2n) is 6.08. The third-order valence-corrected chi connectivity index (χ3v) is 4.83. The third-order valence-electron chi connectivity index (χ3n) is 4.33. The molecule has 0 amide bonds. The topological polar surface area (TPSA) is 23.5 Å². The highest BCUT2D eigenvalue weighted by Gasteiger charge is 2.13. The number of aliphatic hydroxyl groups excluding tert-OH is 1. The SMILES string of the molecule is CCN(Cc1cccc(Br)c1)CC(O)c1ccc2ccccc2c1. The van der Waals surface area contributed by atoms with Crippen LogP contribution >= 0.6 is 15.9 Å². The van der Waals surface area contributed by atoms with Crippen LogP contribution in [-0.2, 0) is 6.54 Å². The van der Waals surface area contributed by atoms with E-state index in [2.05, 4.69) is 64.2 Å². The van der Waals surface area contributed by atoms with Crippen LogP contribution in [0.15, 0.2) is 71.2 Å². The fraction of sp³-hybridized carbons (Fsp3) is 0.238. The molecule has 1 atom stereocenters. The molecule has 0 spiro atoms. The number of halogens is 1. The normalized spacial score (nSPS) is 12.7. The molecule has 0 aliphatic carbocycles. The Hall–Kier alpha value is -1.68. The van der Waals surface area contributed by atoms with E-state index in [-0.39, 0.29) is 0 Å². The molecule has 0 saturated heterocycles. The monoisotopic (exact) mass is 383 g/mol. The lowest BCUT2D eigenvalue weighted by atomic mass is 10.0. The molecule has 3 aromatic carbocycles. The van der Waals surface area contributed by atoms with E-state index < -0.39 is 6.10 Å². The van der Waals surface area contributed by atoms with Crippen molar-refractivity contribution < 1.29 is 5.11 Å². The van der Waals surface area contributed by atoms with E-state index in [0.717, 1.165) is 23.1 Å². The average Bonchev–Trinajstić information content (AvgIpc) is 2.60. The summed E-state index contributed by atoms with van der Waals surface area (Å²) in [5, 5.41) is 13.0. The van der Waals surface area contributed by atoms with Crippen LogP contribution in [0.1, 0.15) is 24.2 Å². The van der Waals surface area contributed by atoms with E-state index in [1.165, 1.54) is 16.3 Å². The highest BCUT2D eigenvalue weighted by Crippen LogP contribution is 2.22. The van der Waals surface area contributed by atoms with Gasteiger partial charge in [-0.25, -0.2) is 0 Å². The summed E-state index contributed by atoms with van der Waals surface area (Å²) in [4.78, 5) is 2.27. The molecule has 0 heterocycles. The van der Waals surface area contributed by atoms with Gasteiger partial charge in [0.05, 0.1) is 6.10 Å². The van der Waals surface area contributed by atoms with Crippen molar-refractivity contribution in [2.45, 2.75) is 19.6 Å². The zero-order valence-electron chi connectivity index (χ0n) is 13.8. The highest BCUT2D eigenvalue weighted by atomic mass is 79.9. The van der Waals surface area contributed by atoms with E-state index in [9.17, 15) is 5.11 Å². The Morgan fingerprint density at radius 2 is 1.75 bits per heavy atom. The maximum absolute atomic E-state index is 10.7. The number of hydrogen-bond donors (Lipinski definition) is 1. The zero-order chi connectivity index (χ0) is 16.9. The Balaban J connectivity index is 1.72. The van der Waals surface area contributed by atoms with Crippen LogP contribution in [0.5, 0.6) is 0 Å². The fourth-order valence-electron chi connectivity index (χ4n) is 2.96. The average molecular weight is 384 g/mol. The molecule has 3 rings (SSSR count). The van der Waals surface area contributed by atoms with Gasteiger partial charge in [0.15, 0.2) is 0 Å². The van der Waals surface area contributed by atoms with Crippen LogP contribution < -0.4 is 0 Å². The van der Waals surface area contributed by atoms with Crippen LogP contribution in [-0.4, -0.2) is 23.1 Å². The molecule has 0 fully saturated rings. The Kier molecular flexibility index (Phi) is 5.67. The Labute approximate surface area is 151 Å². The van der Waals surface area contributed by atoms with Crippen LogP contribution in [0, 0.1) is 0 Å². The van der Waals surface area contributed by atoms with Gasteiger partial charge in [-0.3, -0.25) is 4.90 Å². The number of nitrogens with zero attached hydrogens (tertiary/aromatic N) is 1. The molecule has 1 unspecified atom stereocenters. The fourth-order valence-corrected chi connectivity index (χ4v) is 3.41. The van der Waals surface area contributed by atoms with Crippen molar-refractivity contribution >= 4 is 26.7 Å². The van der Waals surface area contributed by atoms with Gasteiger partial charge in [0.25, 0.3) is 0 Å². The maximum Gasteiger partial charge on any atom is 0.0917 e. The molecule has 3 heteroatoms. The molecule has 0 aliphatic heterocycles. The minimum absolute atomic E-state index is 0.485. The number of fused-ring (bicyclic) bond motifs is 1. The lowest BCUT2D eigenvalue weighted by Crippen LogP contribution is -2.28. The largest absolute Gasteiger partial charge is 0.387 e. The maximum atomic E-state index is 10.7. The predicted molar refractivity (Wildman–Crippen MR) is 104 cm³/mol. The van der Waals surface area contributed by atoms with Crippen molar-refractivity contribution in [1.29, 1.82) is 0 Å². The third kappa shape index (κ3) is 4.23. The molecule has 2 nitrogen and oxygen atoms in total. The first kappa shape index (κ1) is 17.2. The second-order valence-corrected chi connectivity index (χ2v) is 7.00. The van der Waals surface area contributed by atoms with Gasteiger partial charge < -0.3 is 5.11 Å². The lowest BCUT2D eigenvalue weighted by molar-refractivity contribution is 0.112. The Morgan fingerprint density at radius 1 is 0.958 bits per heavy atom. The van der Waals surface area contributed by atoms with Gasteiger partial charge in [-0.05, 0) is 46.6 Å². The van der Waals surface area contributed by atoms with Gasteiger partial charge in [-0.2, -0.15) is 0 Å². The number of likely N-dealkylation sites (N-methyl/N-ethyl adjacent to an activating group) is 1. The minimum Gasteiger partial charge on any atom is -0.387 e. The van der Waals surface area contributed by atoms with Crippen molar-refractivity contribution in [3.8, 4) is 0 Å². The van der Waals surface area contributed by atoms with Crippen LogP contribution in [0.3, 0.4) is 0 Å². The minimum atomic E-state index is -0.485. The molecule has 0 bridgehead atoms. The number of rotatable bonds is 6. The van der Waals surface area contributed by atoms with Gasteiger partial charge in [0, 0.05) is 17.6 Å². The van der Waals surface area contributed by atoms with Gasteiger partial charge >= 0.3 is 0 Å². The van der Waals surface area contributed by atoms with Crippen LogP contribution in [0.4, 0.5) is 0 Å². The molecule has 0 saturated carbocycles. The Morgan fingerprint density at radius 3 is 2.50 bits per heavy atom. The van der Waals surface area contributed by atoms with Gasteiger partial charge in [-0.15, -0.1) is 0 Å². The molecule has 0 aromatic heterocycles. The molecule has 3 aromatic rings. The first-order valence-electron chi connectivity index (χ1n) is 8.29. The van der Waals surface area contributed by atoms with Crippen LogP contribution in [0.2, 0.25) is 0 Å². The van der Waals surface area contributed by atoms with Crippen LogP contribution in [0.25, 0.3) is 10.8 Å². The van der Waals surface area contributed by atoms with Gasteiger partial charge in [-0.1, -0.05) is 71.4 Å². The number of benzene rings is 3. The molecule has 0 aliphatic rings. The van der Waals surface area contributed by atoms with Crippen molar-refractivity contribution in [3.05, 3.63) is 82.3 Å². The quantitative estimate of drug-likeness (QED) is 0.635. The number of hydrogen-bond acceptors (Lipinski definition) is 2. The van der Waals surface area contributed by atoms with Crippen molar-refractivity contribution in [1.82, 2.24) is 4.90 Å². The predicted octanol–water partition coefficient (Wildman–Crippen LogP) is 5.16. The summed E-state index contributed by atoms with van der Waals surface area (Å²) in [5.74, 6) is 0. The van der Waals surface area contributed by atoms with E-state index in [1.54, 1.807) is 0 Å². The second kappa shape index (κ2) is 7.93. The summed E-state index contributed by atoms with van der Waals surface area (Å²) in [6.07, 6.45) is -0.485. The summed E-state index contributed by atoms with van der Waals surface area (Å²) in [6, 6.07) is 22.8. The van der Waals surface area contributed by atoms with Gasteiger partial charge in [0.2, 0.25) is 0 Å². The molecular formula is C21H22BrNO. The van der Waals surface area contributed by atoms with Crippen molar-refractivity contribution in [3.63, 3.8) is 0 Å². The highest BCUT2D eigenvalue weighted by molar-refractivity contribution is 9.10. The first-order chi connectivity index (χ1) is 11.7. The van der Waals surface area contributed by atoms with E-state index in [4.69, 9.17) is 0 Å². The number of aliphatic hydroxyl groups is 1. The van der Waals surface area contributed by atoms with Gasteiger partial charge in [0.1, 0.15) is 0 Å². The summed E-state index contributed by atoms with van der Waals surface area (Å²) in [5.41, 5.74) is 2.22. The molecule has 124 valence electrons. The lowest BCUT2D eigenvalue weighted by Gasteiger charge is -2.24. The standard InChI is InChI=1S/C21H22BrNO/c1-2-23(14-16-6-5-9-20(22)12-16)15-21(24)19-11-10-17-7-3-4-8-18(17)13-19/h3-13,21,24H,2,14-15H2,1H3. The van der Waals surface area contributed by atoms with Crippen molar-refractivity contribution in [2.24, 2.45) is 0 Å². The summed E-state index contributed by atoms with van der Waals surface area (Å²) >= 11 is 3.52. The van der Waals surface area contributed by atoms with Crippen molar-refractivity contribution in [2.75, 3.05) is 13.1 Å². The zero-order valence-corrected chi connectivity index (χ0v) is 15.4. The summed E-state index contributed by atoms with van der Waals surface area (Å²) < 4.78 is 1.09. The smallest absolute Gasteiger partial charge is 0.0917 e. The molecule has 1 N–H and O–H groups in total. The molecular weight excluding hydrogens is 362 g/mol. The summed E-state index contributed by atoms with van der Waals surface area (Å²) in [7, 11) is 0. The van der Waals surface area contributed by atoms with E-state index >= 15 is 0 Å².